The molecule has 0 radical (unpaired) electrons. The van der Waals surface area contributed by atoms with E-state index in [4.69, 9.17) is 15.9 Å². The molecule has 0 aromatic heterocycles. The molecule has 1 unspecified atom stereocenters. The number of rotatable bonds is 6. The molecule has 0 saturated heterocycles. The molecule has 0 bridgehead atoms. The molecule has 4 N–H and O–H groups in total. The number of aliphatic carboxylic acids is 2. The smallest absolute Gasteiger partial charge is 0.323 e. The van der Waals surface area contributed by atoms with Crippen LogP contribution in [0, 0.1) is 0 Å². The summed E-state index contributed by atoms with van der Waals surface area (Å²) in [5.41, 5.74) is 5.39. The summed E-state index contributed by atoms with van der Waals surface area (Å²) in [5.74, 6) is -3.21. The normalized spacial score (nSPS) is 11.9. The van der Waals surface area contributed by atoms with E-state index in [1.165, 1.54) is 0 Å². The minimum Gasteiger partial charge on any atom is -0.480 e. The van der Waals surface area contributed by atoms with Gasteiger partial charge in [-0.25, -0.2) is 0 Å². The Labute approximate surface area is 86.5 Å². The molecule has 0 saturated carbocycles. The van der Waals surface area contributed by atoms with E-state index in [-0.39, 0.29) is 0 Å². The van der Waals surface area contributed by atoms with Gasteiger partial charge in [-0.3, -0.25) is 14.4 Å². The summed E-state index contributed by atoms with van der Waals surface area (Å²) in [5, 5.41) is 16.9. The van der Waals surface area contributed by atoms with Gasteiger partial charge in [-0.1, -0.05) is 6.92 Å². The van der Waals surface area contributed by atoms with Gasteiger partial charge in [-0.05, 0) is 6.42 Å². The van der Waals surface area contributed by atoms with Gasteiger partial charge in [0.25, 0.3) is 0 Å². The molecule has 1 amide bonds. The first-order valence-corrected chi connectivity index (χ1v) is 4.36. The van der Waals surface area contributed by atoms with E-state index in [2.05, 4.69) is 0 Å². The molecule has 7 heteroatoms. The monoisotopic (exact) mass is 218 g/mol. The predicted octanol–water partition coefficient (Wildman–Crippen LogP) is -1.28. The van der Waals surface area contributed by atoms with Crippen LogP contribution in [-0.4, -0.2) is 52.1 Å². The molecule has 0 aromatic carbocycles. The molecule has 0 fully saturated rings. The Morgan fingerprint density at radius 3 is 1.87 bits per heavy atom. The highest BCUT2D eigenvalue weighted by atomic mass is 16.4. The maximum absolute atomic E-state index is 11.4. The van der Waals surface area contributed by atoms with Gasteiger partial charge < -0.3 is 20.8 Å². The van der Waals surface area contributed by atoms with Gasteiger partial charge in [-0.15, -0.1) is 0 Å². The molecule has 0 heterocycles. The lowest BCUT2D eigenvalue weighted by Crippen LogP contribution is -2.47. The van der Waals surface area contributed by atoms with E-state index in [1.807, 2.05) is 0 Å². The summed E-state index contributed by atoms with van der Waals surface area (Å²) in [4.78, 5) is 32.9. The van der Waals surface area contributed by atoms with Crippen LogP contribution in [-0.2, 0) is 14.4 Å². The fourth-order valence-electron chi connectivity index (χ4n) is 0.947. The molecule has 0 aromatic rings. The maximum Gasteiger partial charge on any atom is 0.323 e. The van der Waals surface area contributed by atoms with Crippen molar-refractivity contribution in [2.24, 2.45) is 5.73 Å². The first-order chi connectivity index (χ1) is 6.88. The summed E-state index contributed by atoms with van der Waals surface area (Å²) >= 11 is 0. The van der Waals surface area contributed by atoms with Crippen LogP contribution >= 0.6 is 0 Å². The summed E-state index contributed by atoms with van der Waals surface area (Å²) in [7, 11) is 0. The lowest BCUT2D eigenvalue weighted by Gasteiger charge is -2.21. The Bertz CT molecular complexity index is 250. The quantitative estimate of drug-likeness (QED) is 0.510. The number of carbonyl (C=O) groups excluding carboxylic acids is 1. The highest BCUT2D eigenvalue weighted by Crippen LogP contribution is 1.97. The molecule has 0 aliphatic carbocycles. The highest BCUT2D eigenvalue weighted by molar-refractivity contribution is 5.88. The zero-order valence-corrected chi connectivity index (χ0v) is 8.34. The number of carboxylic acid groups (broad SMARTS) is 2. The number of hydrogen-bond donors (Lipinski definition) is 3. The van der Waals surface area contributed by atoms with Crippen LogP contribution in [0.5, 0.6) is 0 Å². The number of amides is 1. The van der Waals surface area contributed by atoms with Crippen molar-refractivity contribution in [3.8, 4) is 0 Å². The second-order valence-electron chi connectivity index (χ2n) is 3.00. The Morgan fingerprint density at radius 1 is 1.20 bits per heavy atom. The van der Waals surface area contributed by atoms with Gasteiger partial charge in [0.05, 0.1) is 6.04 Å². The van der Waals surface area contributed by atoms with Crippen molar-refractivity contribution >= 4 is 17.8 Å². The first kappa shape index (κ1) is 13.4. The number of nitrogens with zero attached hydrogens (tertiary/aromatic N) is 1. The molecule has 7 nitrogen and oxygen atoms in total. The molecule has 15 heavy (non-hydrogen) atoms. The largest absolute Gasteiger partial charge is 0.480 e. The van der Waals surface area contributed by atoms with Gasteiger partial charge in [0.1, 0.15) is 13.1 Å². The third kappa shape index (κ3) is 4.96. The number of carbonyl (C=O) groups is 3. The van der Waals surface area contributed by atoms with Crippen molar-refractivity contribution < 1.29 is 24.6 Å². The average molecular weight is 218 g/mol. The van der Waals surface area contributed by atoms with Crippen LogP contribution in [0.2, 0.25) is 0 Å². The summed E-state index contributed by atoms with van der Waals surface area (Å²) in [6.07, 6.45) is 0.328. The number of hydrogen-bond acceptors (Lipinski definition) is 4. The molecule has 0 spiro atoms. The third-order valence-electron chi connectivity index (χ3n) is 1.72. The minimum absolute atomic E-state index is 0.328. The molecular formula is C8H14N2O5. The van der Waals surface area contributed by atoms with Gasteiger partial charge in [0, 0.05) is 0 Å². The molecule has 0 aliphatic rings. The van der Waals surface area contributed by atoms with Gasteiger partial charge in [0.2, 0.25) is 5.91 Å². The topological polar surface area (TPSA) is 121 Å². The summed E-state index contributed by atoms with van der Waals surface area (Å²) < 4.78 is 0. The van der Waals surface area contributed by atoms with Crippen molar-refractivity contribution in [1.29, 1.82) is 0 Å². The van der Waals surface area contributed by atoms with Crippen LogP contribution < -0.4 is 5.73 Å². The van der Waals surface area contributed by atoms with Crippen molar-refractivity contribution in [3.63, 3.8) is 0 Å². The van der Waals surface area contributed by atoms with Gasteiger partial charge in [0.15, 0.2) is 0 Å². The van der Waals surface area contributed by atoms with Crippen LogP contribution in [0.4, 0.5) is 0 Å². The third-order valence-corrected chi connectivity index (χ3v) is 1.72. The molecule has 0 rings (SSSR count). The lowest BCUT2D eigenvalue weighted by molar-refractivity contribution is -0.149. The highest BCUT2D eigenvalue weighted by Gasteiger charge is 2.23. The molecule has 0 aliphatic heterocycles. The predicted molar refractivity (Wildman–Crippen MR) is 50.1 cm³/mol. The van der Waals surface area contributed by atoms with Crippen molar-refractivity contribution in [3.05, 3.63) is 0 Å². The Hall–Kier alpha value is -1.63. The molecular weight excluding hydrogens is 204 g/mol. The SMILES string of the molecule is CCC(N)C(=O)N(CC(=O)O)CC(=O)O. The average Bonchev–Trinajstić information content (AvgIpc) is 2.13. The van der Waals surface area contributed by atoms with E-state index < -0.39 is 37.0 Å². The number of nitrogens with two attached hydrogens (primary N) is 1. The van der Waals surface area contributed by atoms with Crippen LogP contribution in [0.15, 0.2) is 0 Å². The first-order valence-electron chi connectivity index (χ1n) is 4.36. The van der Waals surface area contributed by atoms with Crippen molar-refractivity contribution in [1.82, 2.24) is 4.90 Å². The maximum atomic E-state index is 11.4. The molecule has 86 valence electrons. The van der Waals surface area contributed by atoms with E-state index >= 15 is 0 Å². The fourth-order valence-corrected chi connectivity index (χ4v) is 0.947. The van der Waals surface area contributed by atoms with Crippen molar-refractivity contribution in [2.75, 3.05) is 13.1 Å². The Balaban J connectivity index is 4.53. The van der Waals surface area contributed by atoms with E-state index in [0.29, 0.717) is 11.3 Å². The van der Waals surface area contributed by atoms with Crippen LogP contribution in [0.1, 0.15) is 13.3 Å². The van der Waals surface area contributed by atoms with Crippen LogP contribution in [0.25, 0.3) is 0 Å². The second kappa shape index (κ2) is 5.97. The second-order valence-corrected chi connectivity index (χ2v) is 3.00. The van der Waals surface area contributed by atoms with Gasteiger partial charge in [-0.2, -0.15) is 0 Å². The summed E-state index contributed by atoms with van der Waals surface area (Å²) in [6.45, 7) is 0.347. The van der Waals surface area contributed by atoms with Crippen LogP contribution in [0.3, 0.4) is 0 Å². The molecule has 1 atom stereocenters. The fraction of sp³-hybridized carbons (Fsp3) is 0.625. The number of carboxylic acids is 2. The van der Waals surface area contributed by atoms with Gasteiger partial charge >= 0.3 is 11.9 Å². The van der Waals surface area contributed by atoms with Crippen molar-refractivity contribution in [2.45, 2.75) is 19.4 Å². The Kier molecular flexibility index (Phi) is 5.32. The zero-order valence-electron chi connectivity index (χ0n) is 8.34. The lowest BCUT2D eigenvalue weighted by atomic mass is 10.2. The zero-order chi connectivity index (χ0) is 12.0. The minimum atomic E-state index is -1.27. The van der Waals surface area contributed by atoms with E-state index in [1.54, 1.807) is 6.92 Å². The van der Waals surface area contributed by atoms with E-state index in [0.717, 1.165) is 0 Å². The Morgan fingerprint density at radius 2 is 1.60 bits per heavy atom. The standard InChI is InChI=1S/C8H14N2O5/c1-2-5(9)8(15)10(3-6(11)12)4-7(13)14/h5H,2-4,9H2,1H3,(H,11,12)(H,13,14). The summed E-state index contributed by atoms with van der Waals surface area (Å²) in [6, 6.07) is -0.858. The van der Waals surface area contributed by atoms with E-state index in [9.17, 15) is 14.4 Å².